The van der Waals surface area contributed by atoms with Crippen molar-refractivity contribution in [2.75, 3.05) is 25.5 Å². The molecule has 2 rings (SSSR count). The predicted octanol–water partition coefficient (Wildman–Crippen LogP) is 2.28. The number of ether oxygens (including phenoxy) is 1. The SMILES string of the molecule is Nc1c(Cl)ccc(S(=O)(=O)NCC2CCCOC2)c1Cl. The molecule has 1 unspecified atom stereocenters. The van der Waals surface area contributed by atoms with Crippen LogP contribution in [0.5, 0.6) is 0 Å². The van der Waals surface area contributed by atoms with Gasteiger partial charge in [0.1, 0.15) is 4.90 Å². The number of nitrogen functional groups attached to an aromatic ring is 1. The van der Waals surface area contributed by atoms with Crippen LogP contribution < -0.4 is 10.5 Å². The lowest BCUT2D eigenvalue weighted by molar-refractivity contribution is 0.0568. The number of halogens is 2. The first-order valence-corrected chi connectivity index (χ1v) is 8.46. The van der Waals surface area contributed by atoms with Gasteiger partial charge in [-0.2, -0.15) is 0 Å². The van der Waals surface area contributed by atoms with Crippen molar-refractivity contribution in [2.24, 2.45) is 5.92 Å². The van der Waals surface area contributed by atoms with Crippen molar-refractivity contribution in [3.63, 3.8) is 0 Å². The molecule has 0 amide bonds. The molecule has 1 aromatic rings. The first-order chi connectivity index (χ1) is 9.42. The van der Waals surface area contributed by atoms with Crippen molar-refractivity contribution in [3.8, 4) is 0 Å². The summed E-state index contributed by atoms with van der Waals surface area (Å²) in [5.74, 6) is 0.182. The molecule has 1 fully saturated rings. The molecule has 1 aliphatic heterocycles. The van der Waals surface area contributed by atoms with Crippen LogP contribution in [0.25, 0.3) is 0 Å². The summed E-state index contributed by atoms with van der Waals surface area (Å²) in [6.45, 7) is 1.63. The van der Waals surface area contributed by atoms with Crippen LogP contribution in [0.3, 0.4) is 0 Å². The highest BCUT2D eigenvalue weighted by Crippen LogP contribution is 2.33. The Labute approximate surface area is 128 Å². The van der Waals surface area contributed by atoms with Gasteiger partial charge in [0.2, 0.25) is 10.0 Å². The minimum atomic E-state index is -3.71. The number of sulfonamides is 1. The lowest BCUT2D eigenvalue weighted by Gasteiger charge is -2.22. The fraction of sp³-hybridized carbons (Fsp3) is 0.500. The summed E-state index contributed by atoms with van der Waals surface area (Å²) in [6.07, 6.45) is 1.89. The van der Waals surface area contributed by atoms with Crippen LogP contribution in [0.1, 0.15) is 12.8 Å². The van der Waals surface area contributed by atoms with Gasteiger partial charge in [-0.1, -0.05) is 23.2 Å². The first-order valence-electron chi connectivity index (χ1n) is 6.22. The number of benzene rings is 1. The Balaban J connectivity index is 2.12. The van der Waals surface area contributed by atoms with Crippen LogP contribution in [-0.2, 0) is 14.8 Å². The Morgan fingerprint density at radius 1 is 1.40 bits per heavy atom. The molecule has 0 spiro atoms. The van der Waals surface area contributed by atoms with Crippen LogP contribution >= 0.6 is 23.2 Å². The average Bonchev–Trinajstić information content (AvgIpc) is 2.44. The summed E-state index contributed by atoms with van der Waals surface area (Å²) in [6, 6.07) is 2.77. The number of hydrogen-bond donors (Lipinski definition) is 2. The molecule has 1 atom stereocenters. The molecule has 20 heavy (non-hydrogen) atoms. The summed E-state index contributed by atoms with van der Waals surface area (Å²) >= 11 is 11.7. The Morgan fingerprint density at radius 3 is 2.80 bits per heavy atom. The maximum Gasteiger partial charge on any atom is 0.242 e. The highest BCUT2D eigenvalue weighted by Gasteiger charge is 2.23. The zero-order chi connectivity index (χ0) is 14.8. The van der Waals surface area contributed by atoms with E-state index in [0.717, 1.165) is 19.4 Å². The van der Waals surface area contributed by atoms with Gasteiger partial charge in [0.25, 0.3) is 0 Å². The van der Waals surface area contributed by atoms with E-state index in [4.69, 9.17) is 33.7 Å². The third-order valence-corrected chi connectivity index (χ3v) is 5.51. The van der Waals surface area contributed by atoms with E-state index in [2.05, 4.69) is 4.72 Å². The molecule has 8 heteroatoms. The quantitative estimate of drug-likeness (QED) is 0.825. The summed E-state index contributed by atoms with van der Waals surface area (Å²) in [7, 11) is -3.71. The van der Waals surface area contributed by atoms with Gasteiger partial charge in [0.05, 0.1) is 22.3 Å². The summed E-state index contributed by atoms with van der Waals surface area (Å²) in [5, 5.41) is 0.180. The van der Waals surface area contributed by atoms with Crippen LogP contribution in [-0.4, -0.2) is 28.2 Å². The summed E-state index contributed by atoms with van der Waals surface area (Å²) in [5.41, 5.74) is 5.71. The van der Waals surface area contributed by atoms with Gasteiger partial charge in [0, 0.05) is 13.2 Å². The fourth-order valence-electron chi connectivity index (χ4n) is 2.03. The number of rotatable bonds is 4. The Hall–Kier alpha value is -0.530. The second-order valence-corrected chi connectivity index (χ2v) is 7.23. The van der Waals surface area contributed by atoms with Crippen molar-refractivity contribution >= 4 is 38.9 Å². The van der Waals surface area contributed by atoms with Crippen LogP contribution in [0.4, 0.5) is 5.69 Å². The van der Waals surface area contributed by atoms with E-state index < -0.39 is 10.0 Å². The minimum Gasteiger partial charge on any atom is -0.396 e. The molecule has 1 aliphatic rings. The van der Waals surface area contributed by atoms with Crippen molar-refractivity contribution < 1.29 is 13.2 Å². The Morgan fingerprint density at radius 2 is 2.15 bits per heavy atom. The molecule has 0 saturated carbocycles. The Bertz CT molecular complexity index is 587. The monoisotopic (exact) mass is 338 g/mol. The second-order valence-electron chi connectivity index (χ2n) is 4.71. The number of nitrogens with one attached hydrogen (secondary N) is 1. The molecular formula is C12H16Cl2N2O3S. The van der Waals surface area contributed by atoms with Crippen molar-refractivity contribution in [3.05, 3.63) is 22.2 Å². The van der Waals surface area contributed by atoms with Crippen LogP contribution in [0, 0.1) is 5.92 Å². The van der Waals surface area contributed by atoms with Crippen LogP contribution in [0.15, 0.2) is 17.0 Å². The zero-order valence-electron chi connectivity index (χ0n) is 10.7. The smallest absolute Gasteiger partial charge is 0.242 e. The molecule has 1 aromatic carbocycles. The van der Waals surface area contributed by atoms with Gasteiger partial charge in [0.15, 0.2) is 0 Å². The topological polar surface area (TPSA) is 81.4 Å². The van der Waals surface area contributed by atoms with Gasteiger partial charge in [-0.3, -0.25) is 0 Å². The van der Waals surface area contributed by atoms with Crippen molar-refractivity contribution in [1.82, 2.24) is 4.72 Å². The number of hydrogen-bond acceptors (Lipinski definition) is 4. The highest BCUT2D eigenvalue weighted by molar-refractivity contribution is 7.89. The lowest BCUT2D eigenvalue weighted by atomic mass is 10.0. The average molecular weight is 339 g/mol. The molecule has 0 aromatic heterocycles. The molecule has 0 aliphatic carbocycles. The van der Waals surface area contributed by atoms with Crippen molar-refractivity contribution in [1.29, 1.82) is 0 Å². The van der Waals surface area contributed by atoms with Crippen molar-refractivity contribution in [2.45, 2.75) is 17.7 Å². The fourth-order valence-corrected chi connectivity index (χ4v) is 3.91. The van der Waals surface area contributed by atoms with E-state index in [0.29, 0.717) is 13.2 Å². The largest absolute Gasteiger partial charge is 0.396 e. The van der Waals surface area contributed by atoms with E-state index in [1.165, 1.54) is 12.1 Å². The van der Waals surface area contributed by atoms with E-state index in [-0.39, 0.29) is 26.5 Å². The number of anilines is 1. The van der Waals surface area contributed by atoms with E-state index in [9.17, 15) is 8.42 Å². The maximum absolute atomic E-state index is 12.2. The molecule has 112 valence electrons. The minimum absolute atomic E-state index is 0.0510. The molecule has 3 N–H and O–H groups in total. The van der Waals surface area contributed by atoms with E-state index >= 15 is 0 Å². The molecule has 5 nitrogen and oxygen atoms in total. The molecule has 0 bridgehead atoms. The van der Waals surface area contributed by atoms with E-state index in [1.807, 2.05) is 0 Å². The van der Waals surface area contributed by atoms with Crippen LogP contribution in [0.2, 0.25) is 10.0 Å². The molecule has 1 heterocycles. The van der Waals surface area contributed by atoms with Gasteiger partial charge in [-0.05, 0) is 30.9 Å². The first kappa shape index (κ1) is 15.9. The Kier molecular flexibility index (Phi) is 5.14. The van der Waals surface area contributed by atoms with E-state index in [1.54, 1.807) is 0 Å². The predicted molar refractivity (Wildman–Crippen MR) is 79.6 cm³/mol. The van der Waals surface area contributed by atoms with Gasteiger partial charge >= 0.3 is 0 Å². The normalized spacial score (nSPS) is 20.0. The molecule has 1 saturated heterocycles. The van der Waals surface area contributed by atoms with Gasteiger partial charge in [-0.15, -0.1) is 0 Å². The third-order valence-electron chi connectivity index (χ3n) is 3.20. The maximum atomic E-state index is 12.2. The zero-order valence-corrected chi connectivity index (χ0v) is 13.1. The second kappa shape index (κ2) is 6.49. The standard InChI is InChI=1S/C12H16Cl2N2O3S/c13-9-3-4-10(11(14)12(9)15)20(17,18)16-6-8-2-1-5-19-7-8/h3-4,8,16H,1-2,5-7,15H2. The molecule has 0 radical (unpaired) electrons. The highest BCUT2D eigenvalue weighted by atomic mass is 35.5. The summed E-state index contributed by atoms with van der Waals surface area (Å²) in [4.78, 5) is -0.0576. The molecular weight excluding hydrogens is 323 g/mol. The number of nitrogens with two attached hydrogens (primary N) is 1. The lowest BCUT2D eigenvalue weighted by Crippen LogP contribution is -2.33. The van der Waals surface area contributed by atoms with Gasteiger partial charge < -0.3 is 10.5 Å². The summed E-state index contributed by atoms with van der Waals surface area (Å²) < 4.78 is 32.3. The third kappa shape index (κ3) is 3.56. The van der Waals surface area contributed by atoms with Gasteiger partial charge in [-0.25, -0.2) is 13.1 Å².